The summed E-state index contributed by atoms with van der Waals surface area (Å²) in [5.41, 5.74) is 0.465. The van der Waals surface area contributed by atoms with Crippen molar-refractivity contribution in [2.75, 3.05) is 13.6 Å². The van der Waals surface area contributed by atoms with Crippen molar-refractivity contribution in [1.82, 2.24) is 16.0 Å². The summed E-state index contributed by atoms with van der Waals surface area (Å²) in [4.78, 5) is 16.5. The lowest BCUT2D eigenvalue weighted by molar-refractivity contribution is -0.126. The summed E-state index contributed by atoms with van der Waals surface area (Å²) >= 11 is 0. The van der Waals surface area contributed by atoms with Crippen LogP contribution in [0.25, 0.3) is 0 Å². The Hall–Kier alpha value is -2.18. The van der Waals surface area contributed by atoms with Gasteiger partial charge in [0, 0.05) is 43.6 Å². The molecular weight excluding hydrogens is 362 g/mol. The van der Waals surface area contributed by atoms with Gasteiger partial charge < -0.3 is 16.0 Å². The number of rotatable bonds is 6. The zero-order valence-electron chi connectivity index (χ0n) is 17.2. The normalized spacial score (nSPS) is 21.3. The first-order valence-corrected chi connectivity index (χ1v) is 10.0. The fourth-order valence-corrected chi connectivity index (χ4v) is 3.61. The van der Waals surface area contributed by atoms with Crippen LogP contribution >= 0.6 is 0 Å². The third-order valence-corrected chi connectivity index (χ3v) is 5.11. The zero-order chi connectivity index (χ0) is 20.7. The summed E-state index contributed by atoms with van der Waals surface area (Å²) in [6.07, 6.45) is 3.64. The molecule has 5 nitrogen and oxygen atoms in total. The van der Waals surface area contributed by atoms with Crippen molar-refractivity contribution >= 4 is 11.9 Å². The first kappa shape index (κ1) is 22.1. The summed E-state index contributed by atoms with van der Waals surface area (Å²) in [6.45, 7) is 6.27. The maximum atomic E-state index is 13.9. The van der Waals surface area contributed by atoms with Crippen LogP contribution in [0.1, 0.15) is 57.9 Å². The largest absolute Gasteiger partial charge is 0.356 e. The molecule has 0 radical (unpaired) electrons. The average molecular weight is 395 g/mol. The Morgan fingerprint density at radius 2 is 2.00 bits per heavy atom. The molecule has 1 saturated carbocycles. The van der Waals surface area contributed by atoms with Crippen molar-refractivity contribution < 1.29 is 13.6 Å². The number of benzene rings is 1. The minimum Gasteiger partial charge on any atom is -0.356 e. The predicted octanol–water partition coefficient (Wildman–Crippen LogP) is 3.32. The van der Waals surface area contributed by atoms with Crippen LogP contribution in [0, 0.1) is 17.6 Å². The number of carbonyl (C=O) groups excluding carboxylic acids is 1. The van der Waals surface area contributed by atoms with Crippen LogP contribution in [-0.4, -0.2) is 37.5 Å². The van der Waals surface area contributed by atoms with E-state index in [-0.39, 0.29) is 29.8 Å². The quantitative estimate of drug-likeness (QED) is 0.512. The fraction of sp³-hybridized carbons (Fsp3) is 0.619. The molecule has 0 aromatic heterocycles. The lowest BCUT2D eigenvalue weighted by atomic mass is 9.85. The van der Waals surface area contributed by atoms with Gasteiger partial charge in [-0.3, -0.25) is 9.79 Å². The van der Waals surface area contributed by atoms with Crippen molar-refractivity contribution in [3.05, 3.63) is 35.4 Å². The van der Waals surface area contributed by atoms with Gasteiger partial charge in [0.2, 0.25) is 5.91 Å². The second-order valence-electron chi connectivity index (χ2n) is 7.89. The number of aliphatic imine (C=N–C) groups is 1. The van der Waals surface area contributed by atoms with E-state index in [4.69, 9.17) is 0 Å². The van der Waals surface area contributed by atoms with Crippen molar-refractivity contribution in [1.29, 1.82) is 0 Å². The Morgan fingerprint density at radius 3 is 2.64 bits per heavy atom. The number of hydrogen-bond donors (Lipinski definition) is 3. The van der Waals surface area contributed by atoms with Crippen molar-refractivity contribution in [2.24, 2.45) is 10.9 Å². The molecule has 1 aliphatic carbocycles. The van der Waals surface area contributed by atoms with Crippen molar-refractivity contribution in [3.63, 3.8) is 0 Å². The molecule has 0 saturated heterocycles. The molecule has 3 unspecified atom stereocenters. The van der Waals surface area contributed by atoms with Crippen LogP contribution in [0.3, 0.4) is 0 Å². The number of guanidine groups is 1. The molecular formula is C21H32F2N4O. The Labute approximate surface area is 166 Å². The van der Waals surface area contributed by atoms with Crippen LogP contribution in [-0.2, 0) is 4.79 Å². The number of amides is 1. The maximum absolute atomic E-state index is 13.9. The van der Waals surface area contributed by atoms with E-state index < -0.39 is 11.6 Å². The van der Waals surface area contributed by atoms with E-state index in [1.165, 1.54) is 12.1 Å². The molecule has 1 aliphatic rings. The summed E-state index contributed by atoms with van der Waals surface area (Å²) in [5, 5.41) is 9.58. The van der Waals surface area contributed by atoms with Crippen molar-refractivity contribution in [2.45, 2.75) is 64.5 Å². The van der Waals surface area contributed by atoms with E-state index in [0.29, 0.717) is 18.1 Å². The summed E-state index contributed by atoms with van der Waals surface area (Å²) in [5.74, 6) is -0.501. The SMILES string of the molecule is CN=C(NCC(C)c1ccc(F)cc1F)NC1CCCC(C(=O)NC(C)C)C1. The molecule has 7 heteroatoms. The van der Waals surface area contributed by atoms with E-state index in [1.54, 1.807) is 7.05 Å². The van der Waals surface area contributed by atoms with E-state index in [1.807, 2.05) is 20.8 Å². The highest BCUT2D eigenvalue weighted by molar-refractivity contribution is 5.81. The highest BCUT2D eigenvalue weighted by Gasteiger charge is 2.28. The molecule has 28 heavy (non-hydrogen) atoms. The maximum Gasteiger partial charge on any atom is 0.223 e. The predicted molar refractivity (Wildman–Crippen MR) is 108 cm³/mol. The Balaban J connectivity index is 1.87. The van der Waals surface area contributed by atoms with Crippen LogP contribution < -0.4 is 16.0 Å². The molecule has 3 N–H and O–H groups in total. The molecule has 156 valence electrons. The molecule has 1 aromatic carbocycles. The molecule has 0 bridgehead atoms. The molecule has 1 aromatic rings. The first-order chi connectivity index (χ1) is 13.3. The monoisotopic (exact) mass is 394 g/mol. The third-order valence-electron chi connectivity index (χ3n) is 5.11. The highest BCUT2D eigenvalue weighted by Crippen LogP contribution is 2.25. The number of nitrogens with zero attached hydrogens (tertiary/aromatic N) is 1. The number of halogens is 2. The van der Waals surface area contributed by atoms with Gasteiger partial charge >= 0.3 is 0 Å². The summed E-state index contributed by atoms with van der Waals surface area (Å²) in [6, 6.07) is 3.96. The Morgan fingerprint density at radius 1 is 1.25 bits per heavy atom. The van der Waals surface area contributed by atoms with Gasteiger partial charge in [0.1, 0.15) is 11.6 Å². The minimum atomic E-state index is -0.577. The Bertz CT molecular complexity index is 693. The van der Waals surface area contributed by atoms with Gasteiger partial charge in [0.05, 0.1) is 0 Å². The van der Waals surface area contributed by atoms with E-state index in [2.05, 4.69) is 20.9 Å². The van der Waals surface area contributed by atoms with Gasteiger partial charge in [-0.25, -0.2) is 8.78 Å². The van der Waals surface area contributed by atoms with E-state index >= 15 is 0 Å². The van der Waals surface area contributed by atoms with E-state index in [9.17, 15) is 13.6 Å². The van der Waals surface area contributed by atoms with Gasteiger partial charge in [-0.2, -0.15) is 0 Å². The molecule has 3 atom stereocenters. The number of hydrogen-bond acceptors (Lipinski definition) is 2. The summed E-state index contributed by atoms with van der Waals surface area (Å²) < 4.78 is 27.0. The van der Waals surface area contributed by atoms with E-state index in [0.717, 1.165) is 31.7 Å². The van der Waals surface area contributed by atoms with Gasteiger partial charge in [-0.1, -0.05) is 19.4 Å². The lowest BCUT2D eigenvalue weighted by Crippen LogP contribution is -2.48. The second kappa shape index (κ2) is 10.4. The highest BCUT2D eigenvalue weighted by atomic mass is 19.1. The molecule has 0 heterocycles. The average Bonchev–Trinajstić information content (AvgIpc) is 2.64. The molecule has 1 amide bonds. The molecule has 2 rings (SSSR count). The molecule has 0 aliphatic heterocycles. The third kappa shape index (κ3) is 6.46. The van der Waals surface area contributed by atoms with Gasteiger partial charge in [0.25, 0.3) is 0 Å². The second-order valence-corrected chi connectivity index (χ2v) is 7.89. The number of carbonyl (C=O) groups is 1. The number of nitrogens with one attached hydrogen (secondary N) is 3. The summed E-state index contributed by atoms with van der Waals surface area (Å²) in [7, 11) is 1.68. The fourth-order valence-electron chi connectivity index (χ4n) is 3.61. The van der Waals surface area contributed by atoms with Crippen LogP contribution in [0.15, 0.2) is 23.2 Å². The van der Waals surface area contributed by atoms with Crippen LogP contribution in [0.4, 0.5) is 8.78 Å². The zero-order valence-corrected chi connectivity index (χ0v) is 17.2. The van der Waals surface area contributed by atoms with Crippen LogP contribution in [0.2, 0.25) is 0 Å². The first-order valence-electron chi connectivity index (χ1n) is 10.0. The lowest BCUT2D eigenvalue weighted by Gasteiger charge is -2.30. The molecule has 1 fully saturated rings. The van der Waals surface area contributed by atoms with Crippen molar-refractivity contribution in [3.8, 4) is 0 Å². The Kier molecular flexibility index (Phi) is 8.20. The standard InChI is InChI=1S/C21H32F2N4O/c1-13(2)26-20(28)15-6-5-7-17(10-15)27-21(24-4)25-12-14(3)18-9-8-16(22)11-19(18)23/h8-9,11,13-15,17H,5-7,10,12H2,1-4H3,(H,26,28)(H2,24,25,27). The van der Waals surface area contributed by atoms with Gasteiger partial charge in [0.15, 0.2) is 5.96 Å². The van der Waals surface area contributed by atoms with Gasteiger partial charge in [-0.05, 0) is 44.7 Å². The molecule has 0 spiro atoms. The minimum absolute atomic E-state index is 0.0130. The topological polar surface area (TPSA) is 65.5 Å². The van der Waals surface area contributed by atoms with Gasteiger partial charge in [-0.15, -0.1) is 0 Å². The smallest absolute Gasteiger partial charge is 0.223 e. The van der Waals surface area contributed by atoms with Crippen LogP contribution in [0.5, 0.6) is 0 Å².